The molecule has 2 rings (SSSR count). The van der Waals surface area contributed by atoms with Gasteiger partial charge in [-0.15, -0.1) is 11.3 Å². The summed E-state index contributed by atoms with van der Waals surface area (Å²) in [5.74, 6) is 0. The van der Waals surface area contributed by atoms with Gasteiger partial charge in [-0.05, 0) is 27.4 Å². The van der Waals surface area contributed by atoms with Crippen molar-refractivity contribution in [3.63, 3.8) is 0 Å². The molecule has 0 amide bonds. The molecule has 0 aliphatic rings. The van der Waals surface area contributed by atoms with Gasteiger partial charge < -0.3 is 4.74 Å². The molecule has 0 aromatic carbocycles. The minimum atomic E-state index is 0.609. The van der Waals surface area contributed by atoms with E-state index in [2.05, 4.69) is 20.9 Å². The van der Waals surface area contributed by atoms with E-state index in [9.17, 15) is 0 Å². The minimum absolute atomic E-state index is 0.609. The van der Waals surface area contributed by atoms with Gasteiger partial charge in [0.05, 0.1) is 0 Å². The van der Waals surface area contributed by atoms with E-state index in [1.807, 2.05) is 22.9 Å². The maximum absolute atomic E-state index is 5.46. The van der Waals surface area contributed by atoms with Crippen LogP contribution in [0.15, 0.2) is 27.5 Å². The Morgan fingerprint density at radius 2 is 2.38 bits per heavy atom. The molecule has 0 radical (unpaired) electrons. The molecule has 0 aliphatic heterocycles. The Labute approximate surface area is 92.3 Å². The number of hydrogen-bond donors (Lipinski definition) is 0. The van der Waals surface area contributed by atoms with Crippen molar-refractivity contribution in [2.75, 3.05) is 0 Å². The molecule has 13 heavy (non-hydrogen) atoms. The summed E-state index contributed by atoms with van der Waals surface area (Å²) < 4.78 is 6.29. The Bertz CT molecular complexity index is 371. The van der Waals surface area contributed by atoms with Gasteiger partial charge in [0.1, 0.15) is 11.2 Å². The SMILES string of the molecule is Brc1csc(OCc2cccs2)n1. The van der Waals surface area contributed by atoms with Gasteiger partial charge in [-0.1, -0.05) is 17.4 Å². The molecule has 68 valence electrons. The van der Waals surface area contributed by atoms with Gasteiger partial charge in [0.25, 0.3) is 5.19 Å². The second kappa shape index (κ2) is 4.21. The summed E-state index contributed by atoms with van der Waals surface area (Å²) in [6, 6.07) is 4.06. The number of thiazole rings is 1. The fourth-order valence-electron chi connectivity index (χ4n) is 0.833. The molecule has 2 heterocycles. The second-order valence-electron chi connectivity index (χ2n) is 2.30. The fourth-order valence-corrected chi connectivity index (χ4v) is 2.54. The summed E-state index contributed by atoms with van der Waals surface area (Å²) in [7, 11) is 0. The van der Waals surface area contributed by atoms with Crippen LogP contribution in [0.2, 0.25) is 0 Å². The van der Waals surface area contributed by atoms with Gasteiger partial charge in [0, 0.05) is 10.3 Å². The number of thiophene rings is 1. The highest BCUT2D eigenvalue weighted by Crippen LogP contribution is 2.23. The molecule has 0 unspecified atom stereocenters. The number of halogens is 1. The van der Waals surface area contributed by atoms with Crippen molar-refractivity contribution in [2.24, 2.45) is 0 Å². The minimum Gasteiger partial charge on any atom is -0.464 e. The van der Waals surface area contributed by atoms with Crippen LogP contribution in [-0.4, -0.2) is 4.98 Å². The van der Waals surface area contributed by atoms with Gasteiger partial charge in [-0.2, -0.15) is 4.98 Å². The average Bonchev–Trinajstić information content (AvgIpc) is 2.71. The standard InChI is InChI=1S/C8H6BrNOS2/c9-7-5-13-8(10-7)11-4-6-2-1-3-12-6/h1-3,5H,4H2. The second-order valence-corrected chi connectivity index (χ2v) is 4.97. The van der Waals surface area contributed by atoms with Gasteiger partial charge in [0.2, 0.25) is 0 Å². The van der Waals surface area contributed by atoms with Crippen molar-refractivity contribution in [1.29, 1.82) is 0 Å². The maximum atomic E-state index is 5.46. The molecule has 0 spiro atoms. The first-order valence-corrected chi connectivity index (χ1v) is 6.16. The largest absolute Gasteiger partial charge is 0.464 e. The Hall–Kier alpha value is -0.390. The molecular formula is C8H6BrNOS2. The lowest BCUT2D eigenvalue weighted by molar-refractivity contribution is 0.307. The molecule has 0 N–H and O–H groups in total. The zero-order valence-corrected chi connectivity index (χ0v) is 9.79. The predicted molar refractivity (Wildman–Crippen MR) is 58.5 cm³/mol. The van der Waals surface area contributed by atoms with Crippen LogP contribution in [0.1, 0.15) is 4.88 Å². The van der Waals surface area contributed by atoms with Crippen molar-refractivity contribution in [1.82, 2.24) is 4.98 Å². The van der Waals surface area contributed by atoms with Crippen LogP contribution in [0.5, 0.6) is 5.19 Å². The van der Waals surface area contributed by atoms with E-state index in [1.165, 1.54) is 16.2 Å². The summed E-state index contributed by atoms with van der Waals surface area (Å²) in [6.45, 7) is 0.609. The van der Waals surface area contributed by atoms with Crippen molar-refractivity contribution in [3.8, 4) is 5.19 Å². The van der Waals surface area contributed by atoms with Crippen LogP contribution in [-0.2, 0) is 6.61 Å². The van der Waals surface area contributed by atoms with Crippen LogP contribution in [0, 0.1) is 0 Å². The summed E-state index contributed by atoms with van der Waals surface area (Å²) in [4.78, 5) is 5.34. The Kier molecular flexibility index (Phi) is 2.97. The topological polar surface area (TPSA) is 22.1 Å². The van der Waals surface area contributed by atoms with E-state index in [0.29, 0.717) is 11.8 Å². The normalized spacial score (nSPS) is 10.2. The van der Waals surface area contributed by atoms with Crippen molar-refractivity contribution in [2.45, 2.75) is 6.61 Å². The van der Waals surface area contributed by atoms with Crippen molar-refractivity contribution >= 4 is 38.6 Å². The highest BCUT2D eigenvalue weighted by atomic mass is 79.9. The van der Waals surface area contributed by atoms with E-state index in [1.54, 1.807) is 11.3 Å². The summed E-state index contributed by atoms with van der Waals surface area (Å²) in [5, 5.41) is 4.65. The van der Waals surface area contributed by atoms with Crippen LogP contribution in [0.25, 0.3) is 0 Å². The maximum Gasteiger partial charge on any atom is 0.274 e. The fraction of sp³-hybridized carbons (Fsp3) is 0.125. The number of nitrogens with zero attached hydrogens (tertiary/aromatic N) is 1. The molecule has 2 aromatic heterocycles. The molecule has 0 saturated carbocycles. The van der Waals surface area contributed by atoms with Crippen LogP contribution < -0.4 is 4.74 Å². The van der Waals surface area contributed by atoms with E-state index in [-0.39, 0.29) is 0 Å². The molecule has 0 atom stereocenters. The van der Waals surface area contributed by atoms with E-state index in [4.69, 9.17) is 4.74 Å². The number of aromatic nitrogens is 1. The molecule has 0 fully saturated rings. The quantitative estimate of drug-likeness (QED) is 0.855. The van der Waals surface area contributed by atoms with Gasteiger partial charge >= 0.3 is 0 Å². The Morgan fingerprint density at radius 1 is 1.46 bits per heavy atom. The first-order chi connectivity index (χ1) is 6.34. The first kappa shape index (κ1) is 9.18. The smallest absolute Gasteiger partial charge is 0.274 e. The molecule has 2 aromatic rings. The molecule has 2 nitrogen and oxygen atoms in total. The predicted octanol–water partition coefficient (Wildman–Crippen LogP) is 3.55. The third-order valence-corrected chi connectivity index (χ3v) is 3.68. The van der Waals surface area contributed by atoms with Crippen LogP contribution >= 0.6 is 38.6 Å². The highest BCUT2D eigenvalue weighted by molar-refractivity contribution is 9.10. The molecule has 0 saturated heterocycles. The Balaban J connectivity index is 1.93. The molecule has 0 aliphatic carbocycles. The van der Waals surface area contributed by atoms with Gasteiger partial charge in [0.15, 0.2) is 0 Å². The highest BCUT2D eigenvalue weighted by Gasteiger charge is 2.00. The van der Waals surface area contributed by atoms with Crippen LogP contribution in [0.3, 0.4) is 0 Å². The van der Waals surface area contributed by atoms with E-state index < -0.39 is 0 Å². The molecule has 0 bridgehead atoms. The molecule has 5 heteroatoms. The number of hydrogen-bond acceptors (Lipinski definition) is 4. The third kappa shape index (κ3) is 2.52. The third-order valence-electron chi connectivity index (χ3n) is 1.37. The Morgan fingerprint density at radius 3 is 3.00 bits per heavy atom. The van der Waals surface area contributed by atoms with Crippen LogP contribution in [0.4, 0.5) is 0 Å². The zero-order chi connectivity index (χ0) is 9.10. The lowest BCUT2D eigenvalue weighted by atomic mass is 10.5. The summed E-state index contributed by atoms with van der Waals surface area (Å²) in [5.41, 5.74) is 0. The molecular weight excluding hydrogens is 270 g/mol. The zero-order valence-electron chi connectivity index (χ0n) is 6.57. The van der Waals surface area contributed by atoms with Crippen molar-refractivity contribution < 1.29 is 4.74 Å². The lowest BCUT2D eigenvalue weighted by Gasteiger charge is -1.97. The first-order valence-electron chi connectivity index (χ1n) is 3.61. The van der Waals surface area contributed by atoms with Gasteiger partial charge in [-0.25, -0.2) is 0 Å². The summed E-state index contributed by atoms with van der Waals surface area (Å²) >= 11 is 6.46. The lowest BCUT2D eigenvalue weighted by Crippen LogP contribution is -1.91. The van der Waals surface area contributed by atoms with E-state index >= 15 is 0 Å². The number of ether oxygens (including phenoxy) is 1. The summed E-state index contributed by atoms with van der Waals surface area (Å²) in [6.07, 6.45) is 0. The van der Waals surface area contributed by atoms with Gasteiger partial charge in [-0.3, -0.25) is 0 Å². The number of rotatable bonds is 3. The average molecular weight is 276 g/mol. The monoisotopic (exact) mass is 275 g/mol. The van der Waals surface area contributed by atoms with E-state index in [0.717, 1.165) is 4.60 Å². The van der Waals surface area contributed by atoms with Crippen molar-refractivity contribution in [3.05, 3.63) is 32.4 Å².